The molecule has 0 atom stereocenters. The summed E-state index contributed by atoms with van der Waals surface area (Å²) in [4.78, 5) is 15.2. The molecule has 1 aliphatic rings. The predicted molar refractivity (Wildman–Crippen MR) is 89.0 cm³/mol. The van der Waals surface area contributed by atoms with Crippen molar-refractivity contribution < 1.29 is 4.79 Å². The second kappa shape index (κ2) is 7.34. The first kappa shape index (κ1) is 14.9. The molecule has 3 heteroatoms. The lowest BCUT2D eigenvalue weighted by Gasteiger charge is -2.28. The van der Waals surface area contributed by atoms with Gasteiger partial charge in [0.2, 0.25) is 0 Å². The first-order chi connectivity index (χ1) is 10.8. The molecule has 2 aromatic rings. The van der Waals surface area contributed by atoms with Gasteiger partial charge in [0.1, 0.15) is 0 Å². The molecule has 1 heterocycles. The fourth-order valence-corrected chi connectivity index (χ4v) is 3.04. The molecule has 0 amide bonds. The Hall–Kier alpha value is -1.97. The third kappa shape index (κ3) is 3.62. The van der Waals surface area contributed by atoms with Crippen LogP contribution in [0.25, 0.3) is 0 Å². The van der Waals surface area contributed by atoms with Crippen molar-refractivity contribution in [3.8, 4) is 0 Å². The number of Topliss-reactive ketones (excluding diaryl/α,β-unsaturated/α-hetero) is 1. The minimum Gasteiger partial charge on any atom is -0.314 e. The van der Waals surface area contributed by atoms with Gasteiger partial charge in [-0.25, -0.2) is 0 Å². The van der Waals surface area contributed by atoms with Gasteiger partial charge >= 0.3 is 0 Å². The molecule has 0 saturated carbocycles. The van der Waals surface area contributed by atoms with Crippen molar-refractivity contribution in [2.45, 2.75) is 5.92 Å². The van der Waals surface area contributed by atoms with Crippen LogP contribution in [0.5, 0.6) is 0 Å². The number of hydrogen-bond acceptors (Lipinski definition) is 3. The SMILES string of the molecule is O=C(CN1CCNCC1)C(c1ccccc1)c1ccccc1. The normalized spacial score (nSPS) is 15.9. The van der Waals surface area contributed by atoms with Crippen molar-refractivity contribution in [1.82, 2.24) is 10.2 Å². The molecule has 3 rings (SSSR count). The standard InChI is InChI=1S/C19H22N2O/c22-18(15-21-13-11-20-12-14-21)19(16-7-3-1-4-8-16)17-9-5-2-6-10-17/h1-10,19-20H,11-15H2. The van der Waals surface area contributed by atoms with Crippen LogP contribution in [-0.4, -0.2) is 43.4 Å². The number of nitrogens with one attached hydrogen (secondary N) is 1. The topological polar surface area (TPSA) is 32.3 Å². The van der Waals surface area contributed by atoms with E-state index in [4.69, 9.17) is 0 Å². The monoisotopic (exact) mass is 294 g/mol. The van der Waals surface area contributed by atoms with Crippen LogP contribution < -0.4 is 5.32 Å². The third-order valence-electron chi connectivity index (χ3n) is 4.18. The summed E-state index contributed by atoms with van der Waals surface area (Å²) in [5.41, 5.74) is 2.16. The zero-order chi connectivity index (χ0) is 15.2. The van der Waals surface area contributed by atoms with Crippen molar-refractivity contribution in [3.05, 3.63) is 71.8 Å². The second-order valence-electron chi connectivity index (χ2n) is 5.75. The average Bonchev–Trinajstić information content (AvgIpc) is 2.58. The maximum absolute atomic E-state index is 13.0. The van der Waals surface area contributed by atoms with E-state index >= 15 is 0 Å². The quantitative estimate of drug-likeness (QED) is 0.918. The van der Waals surface area contributed by atoms with Crippen LogP contribution in [0, 0.1) is 0 Å². The van der Waals surface area contributed by atoms with Crippen LogP contribution in [0.4, 0.5) is 0 Å². The molecular formula is C19H22N2O. The summed E-state index contributed by atoms with van der Waals surface area (Å²) in [7, 11) is 0. The van der Waals surface area contributed by atoms with Gasteiger partial charge < -0.3 is 5.32 Å². The van der Waals surface area contributed by atoms with E-state index in [0.29, 0.717) is 6.54 Å². The molecule has 1 saturated heterocycles. The summed E-state index contributed by atoms with van der Waals surface area (Å²) in [6, 6.07) is 20.2. The third-order valence-corrected chi connectivity index (χ3v) is 4.18. The Balaban J connectivity index is 1.83. The Bertz CT molecular complexity index is 552. The fourth-order valence-electron chi connectivity index (χ4n) is 3.04. The lowest BCUT2D eigenvalue weighted by atomic mass is 9.87. The lowest BCUT2D eigenvalue weighted by Crippen LogP contribution is -2.46. The highest BCUT2D eigenvalue weighted by atomic mass is 16.1. The van der Waals surface area contributed by atoms with Gasteiger partial charge in [-0.3, -0.25) is 9.69 Å². The predicted octanol–water partition coefficient (Wildman–Crippen LogP) is 2.29. The van der Waals surface area contributed by atoms with E-state index in [-0.39, 0.29) is 11.7 Å². The number of ketones is 1. The number of hydrogen-bond donors (Lipinski definition) is 1. The first-order valence-electron chi connectivity index (χ1n) is 7.90. The largest absolute Gasteiger partial charge is 0.314 e. The first-order valence-corrected chi connectivity index (χ1v) is 7.90. The lowest BCUT2D eigenvalue weighted by molar-refractivity contribution is -0.120. The van der Waals surface area contributed by atoms with E-state index in [9.17, 15) is 4.79 Å². The van der Waals surface area contributed by atoms with Gasteiger partial charge in [-0.1, -0.05) is 60.7 Å². The minimum atomic E-state index is -0.169. The second-order valence-corrected chi connectivity index (χ2v) is 5.75. The van der Waals surface area contributed by atoms with Gasteiger partial charge in [-0.15, -0.1) is 0 Å². The van der Waals surface area contributed by atoms with Crippen molar-refractivity contribution >= 4 is 5.78 Å². The molecule has 0 spiro atoms. The molecule has 2 aromatic carbocycles. The maximum atomic E-state index is 13.0. The van der Waals surface area contributed by atoms with Gasteiger partial charge in [-0.2, -0.15) is 0 Å². The molecule has 114 valence electrons. The molecule has 1 fully saturated rings. The van der Waals surface area contributed by atoms with Gasteiger partial charge in [0.25, 0.3) is 0 Å². The van der Waals surface area contributed by atoms with Crippen LogP contribution in [-0.2, 0) is 4.79 Å². The Morgan fingerprint density at radius 1 is 0.909 bits per heavy atom. The smallest absolute Gasteiger partial charge is 0.158 e. The van der Waals surface area contributed by atoms with E-state index in [1.807, 2.05) is 60.7 Å². The van der Waals surface area contributed by atoms with Crippen LogP contribution in [0.3, 0.4) is 0 Å². The Kier molecular flexibility index (Phi) is 4.99. The van der Waals surface area contributed by atoms with E-state index < -0.39 is 0 Å². The van der Waals surface area contributed by atoms with E-state index in [2.05, 4.69) is 10.2 Å². The highest BCUT2D eigenvalue weighted by molar-refractivity contribution is 5.90. The molecule has 0 aliphatic carbocycles. The van der Waals surface area contributed by atoms with Crippen molar-refractivity contribution in [2.24, 2.45) is 0 Å². The fraction of sp³-hybridized carbons (Fsp3) is 0.316. The number of piperazine rings is 1. The molecule has 1 N–H and O–H groups in total. The Morgan fingerprint density at radius 3 is 1.91 bits per heavy atom. The van der Waals surface area contributed by atoms with E-state index in [1.165, 1.54) is 0 Å². The zero-order valence-corrected chi connectivity index (χ0v) is 12.7. The van der Waals surface area contributed by atoms with Crippen molar-refractivity contribution in [2.75, 3.05) is 32.7 Å². The summed E-state index contributed by atoms with van der Waals surface area (Å²) in [6.07, 6.45) is 0. The molecule has 3 nitrogen and oxygen atoms in total. The Labute approximate surface area is 132 Å². The molecule has 0 radical (unpaired) electrons. The van der Waals surface area contributed by atoms with Crippen molar-refractivity contribution in [1.29, 1.82) is 0 Å². The van der Waals surface area contributed by atoms with Crippen LogP contribution >= 0.6 is 0 Å². The number of carbonyl (C=O) groups excluding carboxylic acids is 1. The molecule has 22 heavy (non-hydrogen) atoms. The Morgan fingerprint density at radius 2 is 1.41 bits per heavy atom. The average molecular weight is 294 g/mol. The highest BCUT2D eigenvalue weighted by Crippen LogP contribution is 2.25. The van der Waals surface area contributed by atoms with E-state index in [0.717, 1.165) is 37.3 Å². The van der Waals surface area contributed by atoms with Crippen molar-refractivity contribution in [3.63, 3.8) is 0 Å². The summed E-state index contributed by atoms with van der Waals surface area (Å²) in [5.74, 6) is 0.108. The summed E-state index contributed by atoms with van der Waals surface area (Å²) in [6.45, 7) is 4.35. The molecule has 0 aromatic heterocycles. The summed E-state index contributed by atoms with van der Waals surface area (Å²) < 4.78 is 0. The number of rotatable bonds is 5. The van der Waals surface area contributed by atoms with E-state index in [1.54, 1.807) is 0 Å². The minimum absolute atomic E-state index is 0.169. The van der Waals surface area contributed by atoms with Crippen LogP contribution in [0.2, 0.25) is 0 Å². The molecule has 1 aliphatic heterocycles. The van der Waals surface area contributed by atoms with Gasteiger partial charge in [-0.05, 0) is 11.1 Å². The van der Waals surface area contributed by atoms with Crippen LogP contribution in [0.1, 0.15) is 17.0 Å². The molecule has 0 bridgehead atoms. The summed E-state index contributed by atoms with van der Waals surface area (Å²) in [5, 5.41) is 3.33. The number of carbonyl (C=O) groups is 1. The summed E-state index contributed by atoms with van der Waals surface area (Å²) >= 11 is 0. The molecular weight excluding hydrogens is 272 g/mol. The highest BCUT2D eigenvalue weighted by Gasteiger charge is 2.24. The van der Waals surface area contributed by atoms with Gasteiger partial charge in [0, 0.05) is 26.2 Å². The van der Waals surface area contributed by atoms with Gasteiger partial charge in [0.15, 0.2) is 5.78 Å². The number of nitrogens with zero attached hydrogens (tertiary/aromatic N) is 1. The van der Waals surface area contributed by atoms with Crippen LogP contribution in [0.15, 0.2) is 60.7 Å². The molecule has 0 unspecified atom stereocenters. The maximum Gasteiger partial charge on any atom is 0.158 e. The van der Waals surface area contributed by atoms with Gasteiger partial charge in [0.05, 0.1) is 12.5 Å². The number of benzene rings is 2. The zero-order valence-electron chi connectivity index (χ0n) is 12.7.